The molecule has 1 aromatic heterocycles. The molecule has 0 fully saturated rings. The smallest absolute Gasteiger partial charge is 0.240 e. The number of rotatable bonds is 8. The quantitative estimate of drug-likeness (QED) is 0.699. The Morgan fingerprint density at radius 1 is 1.33 bits per heavy atom. The van der Waals surface area contributed by atoms with Crippen LogP contribution >= 0.6 is 11.3 Å². The van der Waals surface area contributed by atoms with Crippen molar-refractivity contribution in [1.29, 1.82) is 0 Å². The average molecular weight is 305 g/mol. The maximum Gasteiger partial charge on any atom is 0.240 e. The Labute approximate surface area is 128 Å². The van der Waals surface area contributed by atoms with E-state index in [0.717, 1.165) is 12.0 Å². The molecule has 0 aliphatic carbocycles. The Kier molecular flexibility index (Phi) is 6.33. The molecule has 21 heavy (non-hydrogen) atoms. The molecule has 0 aliphatic rings. The summed E-state index contributed by atoms with van der Waals surface area (Å²) in [5.74, 6) is -0.116. The van der Waals surface area contributed by atoms with Crippen molar-refractivity contribution in [3.8, 4) is 0 Å². The van der Waals surface area contributed by atoms with Crippen molar-refractivity contribution in [2.75, 3.05) is 18.5 Å². The van der Waals surface area contributed by atoms with Gasteiger partial charge < -0.3 is 15.7 Å². The van der Waals surface area contributed by atoms with Crippen molar-refractivity contribution in [3.05, 3.63) is 47.5 Å². The fraction of sp³-hybridized carbons (Fsp3) is 0.333. The number of aliphatic hydroxyl groups is 1. The normalized spacial score (nSPS) is 12.0. The summed E-state index contributed by atoms with van der Waals surface area (Å²) in [6.07, 6.45) is 3.13. The van der Waals surface area contributed by atoms with Crippen molar-refractivity contribution in [2.45, 2.75) is 18.9 Å². The zero-order valence-electron chi connectivity index (χ0n) is 11.7. The summed E-state index contributed by atoms with van der Waals surface area (Å²) >= 11 is 1.39. The topological polar surface area (TPSA) is 74.2 Å². The van der Waals surface area contributed by atoms with E-state index in [1.807, 2.05) is 35.7 Å². The van der Waals surface area contributed by atoms with Gasteiger partial charge in [-0.2, -0.15) is 0 Å². The third-order valence-electron chi connectivity index (χ3n) is 3.04. The average Bonchev–Trinajstić information content (AvgIpc) is 3.01. The first-order chi connectivity index (χ1) is 10.3. The number of thiazole rings is 1. The van der Waals surface area contributed by atoms with Crippen LogP contribution in [0.15, 0.2) is 41.9 Å². The number of aromatic nitrogens is 1. The molecule has 1 unspecified atom stereocenters. The van der Waals surface area contributed by atoms with Crippen molar-refractivity contribution >= 4 is 22.4 Å². The molecule has 2 aromatic rings. The molecule has 0 saturated carbocycles. The van der Waals surface area contributed by atoms with E-state index in [1.165, 1.54) is 11.3 Å². The third-order valence-corrected chi connectivity index (χ3v) is 3.73. The van der Waals surface area contributed by atoms with Gasteiger partial charge in [-0.1, -0.05) is 30.3 Å². The van der Waals surface area contributed by atoms with Gasteiger partial charge >= 0.3 is 0 Å². The van der Waals surface area contributed by atoms with E-state index in [1.54, 1.807) is 6.20 Å². The number of hydrogen-bond donors (Lipinski definition) is 3. The summed E-state index contributed by atoms with van der Waals surface area (Å²) in [6.45, 7) is 0.362. The van der Waals surface area contributed by atoms with Crippen LogP contribution in [0.4, 0.5) is 5.13 Å². The van der Waals surface area contributed by atoms with Crippen molar-refractivity contribution in [2.24, 2.45) is 0 Å². The van der Waals surface area contributed by atoms with Crippen molar-refractivity contribution in [1.82, 2.24) is 10.3 Å². The number of aliphatic hydroxyl groups excluding tert-OH is 1. The number of carbonyl (C=O) groups is 1. The molecule has 112 valence electrons. The number of carbonyl (C=O) groups excluding carboxylic acids is 1. The van der Waals surface area contributed by atoms with Gasteiger partial charge in [0.25, 0.3) is 0 Å². The zero-order valence-corrected chi connectivity index (χ0v) is 12.5. The minimum Gasteiger partial charge on any atom is -0.396 e. The molecule has 6 heteroatoms. The molecule has 0 spiro atoms. The molecule has 1 aromatic carbocycles. The highest BCUT2D eigenvalue weighted by molar-refractivity contribution is 7.13. The number of hydrogen-bond acceptors (Lipinski definition) is 5. The SMILES string of the molecule is O=C(CNC(CCCO)c1ccccc1)Nc1nccs1. The largest absolute Gasteiger partial charge is 0.396 e. The molecule has 0 radical (unpaired) electrons. The molecular weight excluding hydrogens is 286 g/mol. The molecule has 3 N–H and O–H groups in total. The van der Waals surface area contributed by atoms with E-state index in [0.29, 0.717) is 11.6 Å². The predicted octanol–water partition coefficient (Wildman–Crippen LogP) is 2.19. The van der Waals surface area contributed by atoms with E-state index in [4.69, 9.17) is 5.11 Å². The van der Waals surface area contributed by atoms with E-state index in [2.05, 4.69) is 15.6 Å². The van der Waals surface area contributed by atoms with Crippen molar-refractivity contribution in [3.63, 3.8) is 0 Å². The highest BCUT2D eigenvalue weighted by atomic mass is 32.1. The first-order valence-electron chi connectivity index (χ1n) is 6.88. The molecule has 1 heterocycles. The second-order valence-electron chi connectivity index (χ2n) is 4.60. The van der Waals surface area contributed by atoms with Crippen LogP contribution in [0.3, 0.4) is 0 Å². The van der Waals surface area contributed by atoms with Crippen LogP contribution in [0.25, 0.3) is 0 Å². The summed E-state index contributed by atoms with van der Waals surface area (Å²) in [5.41, 5.74) is 1.12. The Morgan fingerprint density at radius 2 is 2.14 bits per heavy atom. The second-order valence-corrected chi connectivity index (χ2v) is 5.49. The zero-order chi connectivity index (χ0) is 14.9. The van der Waals surface area contributed by atoms with Gasteiger partial charge in [-0.05, 0) is 18.4 Å². The minimum atomic E-state index is -0.116. The number of amides is 1. The predicted molar refractivity (Wildman–Crippen MR) is 84.2 cm³/mol. The van der Waals surface area contributed by atoms with Gasteiger partial charge in [0, 0.05) is 24.2 Å². The summed E-state index contributed by atoms with van der Waals surface area (Å²) in [4.78, 5) is 15.9. The lowest BCUT2D eigenvalue weighted by Gasteiger charge is -2.18. The molecule has 5 nitrogen and oxygen atoms in total. The Hall–Kier alpha value is -1.76. The Bertz CT molecular complexity index is 531. The monoisotopic (exact) mass is 305 g/mol. The number of nitrogens with zero attached hydrogens (tertiary/aromatic N) is 1. The van der Waals surface area contributed by atoms with Crippen LogP contribution in [-0.2, 0) is 4.79 Å². The first kappa shape index (κ1) is 15.6. The standard InChI is InChI=1S/C15H19N3O2S/c19-9-4-7-13(12-5-2-1-3-6-12)17-11-14(20)18-15-16-8-10-21-15/h1-3,5-6,8,10,13,17,19H,4,7,9,11H2,(H,16,18,20). The van der Waals surface area contributed by atoms with Gasteiger partial charge in [-0.25, -0.2) is 4.98 Å². The van der Waals surface area contributed by atoms with Crippen LogP contribution in [0.2, 0.25) is 0 Å². The van der Waals surface area contributed by atoms with Crippen LogP contribution in [0.5, 0.6) is 0 Å². The molecule has 2 rings (SSSR count). The highest BCUT2D eigenvalue weighted by Crippen LogP contribution is 2.18. The summed E-state index contributed by atoms with van der Waals surface area (Å²) < 4.78 is 0. The minimum absolute atomic E-state index is 0.0559. The molecule has 0 bridgehead atoms. The van der Waals surface area contributed by atoms with Crippen LogP contribution in [0.1, 0.15) is 24.4 Å². The maximum absolute atomic E-state index is 11.9. The van der Waals surface area contributed by atoms with Crippen LogP contribution in [0, 0.1) is 0 Å². The lowest BCUT2D eigenvalue weighted by atomic mass is 10.0. The van der Waals surface area contributed by atoms with E-state index >= 15 is 0 Å². The molecular formula is C15H19N3O2S. The molecule has 0 saturated heterocycles. The van der Waals surface area contributed by atoms with Gasteiger partial charge in [0.2, 0.25) is 5.91 Å². The van der Waals surface area contributed by atoms with Gasteiger partial charge in [0.1, 0.15) is 0 Å². The third kappa shape index (κ3) is 5.26. The van der Waals surface area contributed by atoms with Crippen LogP contribution < -0.4 is 10.6 Å². The first-order valence-corrected chi connectivity index (χ1v) is 7.76. The summed E-state index contributed by atoms with van der Waals surface area (Å²) in [6, 6.07) is 10.0. The maximum atomic E-state index is 11.9. The van der Waals surface area contributed by atoms with Gasteiger partial charge in [0.05, 0.1) is 6.54 Å². The number of benzene rings is 1. The van der Waals surface area contributed by atoms with Crippen LogP contribution in [-0.4, -0.2) is 29.1 Å². The van der Waals surface area contributed by atoms with Gasteiger partial charge in [0.15, 0.2) is 5.13 Å². The van der Waals surface area contributed by atoms with Gasteiger partial charge in [-0.15, -0.1) is 11.3 Å². The summed E-state index contributed by atoms with van der Waals surface area (Å²) in [7, 11) is 0. The van der Waals surface area contributed by atoms with E-state index < -0.39 is 0 Å². The Morgan fingerprint density at radius 3 is 2.81 bits per heavy atom. The molecule has 1 atom stereocenters. The fourth-order valence-corrected chi connectivity index (χ4v) is 2.58. The van der Waals surface area contributed by atoms with Crippen molar-refractivity contribution < 1.29 is 9.90 Å². The number of nitrogens with one attached hydrogen (secondary N) is 2. The molecule has 1 amide bonds. The molecule has 0 aliphatic heterocycles. The Balaban J connectivity index is 1.88. The highest BCUT2D eigenvalue weighted by Gasteiger charge is 2.12. The number of anilines is 1. The van der Waals surface area contributed by atoms with Gasteiger partial charge in [-0.3, -0.25) is 4.79 Å². The van der Waals surface area contributed by atoms with E-state index in [-0.39, 0.29) is 25.1 Å². The lowest BCUT2D eigenvalue weighted by molar-refractivity contribution is -0.115. The van der Waals surface area contributed by atoms with E-state index in [9.17, 15) is 4.79 Å². The lowest BCUT2D eigenvalue weighted by Crippen LogP contribution is -2.31. The summed E-state index contributed by atoms with van der Waals surface area (Å²) in [5, 5.41) is 17.4. The fourth-order valence-electron chi connectivity index (χ4n) is 2.03. The second kappa shape index (κ2) is 8.51.